The summed E-state index contributed by atoms with van der Waals surface area (Å²) in [4.78, 5) is 159. The van der Waals surface area contributed by atoms with Crippen LogP contribution in [0.3, 0.4) is 0 Å². The molecule has 1 aromatic rings. The Morgan fingerprint density at radius 3 is 1.90 bits per heavy atom. The molecule has 11 amide bonds. The summed E-state index contributed by atoms with van der Waals surface area (Å²) in [5.74, 6) is -13.4. The van der Waals surface area contributed by atoms with Crippen LogP contribution in [0.2, 0.25) is 0 Å². The average molecular weight is 1320 g/mol. The summed E-state index contributed by atoms with van der Waals surface area (Å²) in [6.45, 7) is 6.95. The van der Waals surface area contributed by atoms with Gasteiger partial charge in [-0.15, -0.1) is 0 Å². The fourth-order valence-electron chi connectivity index (χ4n) is 9.27. The minimum absolute atomic E-state index is 0.0854. The average Bonchev–Trinajstić information content (AvgIpc) is 1.62. The highest BCUT2D eigenvalue weighted by Crippen LogP contribution is 2.21. The lowest BCUT2D eigenvalue weighted by Crippen LogP contribution is -2.62. The number of hydrogen-bond donors (Lipinski definition) is 18. The minimum Gasteiger partial charge on any atom is -0.508 e. The van der Waals surface area contributed by atoms with E-state index in [0.29, 0.717) is 6.42 Å². The zero-order valence-corrected chi connectivity index (χ0v) is 53.9. The maximum Gasteiger partial charge on any atom is 0.307 e. The van der Waals surface area contributed by atoms with Crippen molar-refractivity contribution in [1.82, 2.24) is 58.5 Å². The summed E-state index contributed by atoms with van der Waals surface area (Å²) in [6, 6.07) is -8.17. The number of cyclic esters (lactones) is 1. The molecule has 11 atom stereocenters. The second kappa shape index (κ2) is 44.4. The van der Waals surface area contributed by atoms with Crippen LogP contribution in [0.5, 0.6) is 5.75 Å². The molecule has 0 radical (unpaired) electrons. The van der Waals surface area contributed by atoms with Crippen molar-refractivity contribution in [2.45, 2.75) is 210 Å². The molecule has 31 heteroatoms. The smallest absolute Gasteiger partial charge is 0.307 e. The fourth-order valence-corrected chi connectivity index (χ4v) is 9.27. The Morgan fingerprint density at radius 2 is 1.30 bits per heavy atom. The monoisotopic (exact) mass is 1320 g/mol. The molecule has 1 aliphatic rings. The molecular weight excluding hydrogens is 1220 g/mol. The fraction of sp³-hybridized carbons (Fsp3) is 0.645. The number of nitrogens with two attached hydrogens (primary N) is 1. The van der Waals surface area contributed by atoms with E-state index < -0.39 is 195 Å². The Morgan fingerprint density at radius 1 is 0.710 bits per heavy atom. The number of aliphatic hydroxyl groups is 5. The van der Waals surface area contributed by atoms with Crippen LogP contribution in [0.25, 0.3) is 0 Å². The van der Waals surface area contributed by atoms with Crippen molar-refractivity contribution in [2.75, 3.05) is 39.5 Å². The molecule has 1 heterocycles. The first-order valence-corrected chi connectivity index (χ1v) is 31.7. The van der Waals surface area contributed by atoms with Gasteiger partial charge in [-0.2, -0.15) is 0 Å². The number of ether oxygens (including phenoxy) is 1. The summed E-state index contributed by atoms with van der Waals surface area (Å²) >= 11 is 0. The molecule has 0 aliphatic carbocycles. The number of unbranched alkanes of at least 4 members (excludes halogenated alkanes) is 11. The van der Waals surface area contributed by atoms with Gasteiger partial charge in [0.25, 0.3) is 11.8 Å². The van der Waals surface area contributed by atoms with Crippen LogP contribution in [-0.4, -0.2) is 202 Å². The van der Waals surface area contributed by atoms with Gasteiger partial charge >= 0.3 is 5.97 Å². The minimum atomic E-state index is -2.10. The predicted molar refractivity (Wildman–Crippen MR) is 338 cm³/mol. The van der Waals surface area contributed by atoms with Crippen molar-refractivity contribution in [3.8, 4) is 5.75 Å². The molecule has 11 unspecified atom stereocenters. The summed E-state index contributed by atoms with van der Waals surface area (Å²) < 4.78 is 5.21. The molecule has 1 fully saturated rings. The molecule has 522 valence electrons. The number of hydrogen-bond acceptors (Lipinski definition) is 20. The Bertz CT molecular complexity index is 2640. The first kappa shape index (κ1) is 81.0. The first-order valence-electron chi connectivity index (χ1n) is 31.7. The van der Waals surface area contributed by atoms with Gasteiger partial charge in [-0.25, -0.2) is 0 Å². The predicted octanol–water partition coefficient (Wildman–Crippen LogP) is -2.71. The van der Waals surface area contributed by atoms with E-state index in [1.165, 1.54) is 58.6 Å². The second-order valence-electron chi connectivity index (χ2n) is 23.1. The quantitative estimate of drug-likeness (QED) is 0.0142. The third-order valence-electron chi connectivity index (χ3n) is 14.9. The highest BCUT2D eigenvalue weighted by Gasteiger charge is 2.38. The van der Waals surface area contributed by atoms with Crippen molar-refractivity contribution in [1.29, 1.82) is 0 Å². The van der Waals surface area contributed by atoms with Crippen LogP contribution in [0.1, 0.15) is 155 Å². The number of aliphatic hydroxyl groups excluding tert-OH is 5. The number of carbonyl (C=O) groups excluding carboxylic acids is 12. The number of phenols is 1. The van der Waals surface area contributed by atoms with Crippen LogP contribution in [0.15, 0.2) is 48.7 Å². The van der Waals surface area contributed by atoms with E-state index in [2.05, 4.69) is 84.1 Å². The van der Waals surface area contributed by atoms with E-state index in [4.69, 9.17) is 10.5 Å². The first-order chi connectivity index (χ1) is 44.1. The van der Waals surface area contributed by atoms with E-state index in [0.717, 1.165) is 70.4 Å². The lowest BCUT2D eigenvalue weighted by molar-refractivity contribution is -0.144. The lowest BCUT2D eigenvalue weighted by atomic mass is 9.99. The van der Waals surface area contributed by atoms with E-state index in [1.807, 2.05) is 0 Å². The molecule has 1 aliphatic heterocycles. The highest BCUT2D eigenvalue weighted by atomic mass is 16.5. The van der Waals surface area contributed by atoms with Crippen LogP contribution in [-0.2, 0) is 62.3 Å². The summed E-state index contributed by atoms with van der Waals surface area (Å²) in [5.41, 5.74) is 5.57. The van der Waals surface area contributed by atoms with Crippen LogP contribution < -0.4 is 64.2 Å². The molecular formula is C62H100N12O19. The van der Waals surface area contributed by atoms with Gasteiger partial charge in [0.1, 0.15) is 60.3 Å². The van der Waals surface area contributed by atoms with Crippen molar-refractivity contribution in [3.05, 3.63) is 54.3 Å². The van der Waals surface area contributed by atoms with E-state index in [9.17, 15) is 88.2 Å². The van der Waals surface area contributed by atoms with Crippen molar-refractivity contribution < 1.29 is 92.9 Å². The molecule has 19 N–H and O–H groups in total. The number of nitrogens with one attached hydrogen (secondary N) is 11. The normalized spacial score (nSPS) is 19.2. The van der Waals surface area contributed by atoms with Crippen LogP contribution in [0.4, 0.5) is 0 Å². The zero-order chi connectivity index (χ0) is 69.6. The molecule has 31 nitrogen and oxygen atoms in total. The number of aromatic hydroxyl groups is 1. The number of carbonyl (C=O) groups is 12. The summed E-state index contributed by atoms with van der Waals surface area (Å²) in [6.07, 6.45) is 11.7. The molecule has 1 saturated heterocycles. The van der Waals surface area contributed by atoms with Gasteiger partial charge in [0.15, 0.2) is 0 Å². The molecule has 1 aromatic carbocycles. The van der Waals surface area contributed by atoms with Crippen molar-refractivity contribution in [3.63, 3.8) is 0 Å². The van der Waals surface area contributed by atoms with E-state index >= 15 is 0 Å². The largest absolute Gasteiger partial charge is 0.508 e. The molecule has 2 rings (SSSR count). The number of benzene rings is 1. The Hall–Kier alpha value is -8.10. The third-order valence-corrected chi connectivity index (χ3v) is 14.9. The summed E-state index contributed by atoms with van der Waals surface area (Å²) in [7, 11) is 0. The molecule has 0 saturated carbocycles. The lowest BCUT2D eigenvalue weighted by Gasteiger charge is -2.29. The Labute approximate surface area is 542 Å². The maximum absolute atomic E-state index is 14.1. The third kappa shape index (κ3) is 31.4. The zero-order valence-electron chi connectivity index (χ0n) is 53.9. The van der Waals surface area contributed by atoms with Gasteiger partial charge in [-0.1, -0.05) is 109 Å². The van der Waals surface area contributed by atoms with E-state index in [-0.39, 0.29) is 30.7 Å². The van der Waals surface area contributed by atoms with Gasteiger partial charge in [0.05, 0.1) is 44.5 Å². The number of esters is 1. The number of allylic oxidation sites excluding steroid dienone is 2. The van der Waals surface area contributed by atoms with Gasteiger partial charge in [0, 0.05) is 25.6 Å². The number of rotatable bonds is 35. The van der Waals surface area contributed by atoms with Crippen LogP contribution >= 0.6 is 0 Å². The highest BCUT2D eigenvalue weighted by molar-refractivity contribution is 6.01. The molecule has 0 bridgehead atoms. The van der Waals surface area contributed by atoms with Crippen molar-refractivity contribution in [2.24, 2.45) is 11.7 Å². The van der Waals surface area contributed by atoms with Crippen molar-refractivity contribution >= 4 is 70.9 Å². The van der Waals surface area contributed by atoms with Gasteiger partial charge in [-0.3, -0.25) is 57.5 Å². The molecule has 93 heavy (non-hydrogen) atoms. The maximum atomic E-state index is 14.1. The summed E-state index contributed by atoms with van der Waals surface area (Å²) in [5, 5.41) is 88.4. The van der Waals surface area contributed by atoms with Crippen LogP contribution in [0, 0.1) is 5.92 Å². The number of amides is 11. The van der Waals surface area contributed by atoms with Gasteiger partial charge in [0.2, 0.25) is 53.2 Å². The van der Waals surface area contributed by atoms with Gasteiger partial charge in [-0.05, 0) is 76.0 Å². The number of phenolic OH excluding ortho intramolecular Hbond substituents is 1. The second-order valence-corrected chi connectivity index (χ2v) is 23.1. The molecule has 0 spiro atoms. The Balaban J connectivity index is 2.19. The topological polar surface area (TPSA) is 494 Å². The molecule has 0 aromatic heterocycles. The Kier molecular flexibility index (Phi) is 38.7. The standard InChI is InChI=1S/C62H100N12O19/c1-7-8-9-10-11-12-13-14-15-16-17-18-19-20-21-22-42(63)53(83)62(92)73-50(39(6)77)60(90)74-51(52(82)40-23-25-41(78)26-24-40)61(91)71-45(35-76)58(88)70-43(28-31-75)56(86)66-34-47(80)69-44-29-32-93-48(81)27-30-64-54(84)37(4)67-46(79)33-65-55(85)38(5)68-59(89)49(36(2)3)72-57(44)87/h12-13,23-26,36-37,39,42-45,49-53,75-78,82-83H,5,7-11,14-22,27-35,63H2,1-4,6H3,(H,64,84)(H,65,85)(H,66,86)(H,67,79)(H,68,89)(H,69,80)(H,70,88)(H,71,91)(H,72,87)(H,73,92)(H,74,90). The van der Waals surface area contributed by atoms with Gasteiger partial charge < -0.3 is 99.6 Å². The SMILES string of the molecule is C=C1NC(=O)C(C(C)C)NC(=O)C(NC(=O)CNC(=O)C(CCO)NC(=O)C(CO)NC(=O)C(NC(=O)C(NC(=O)C(O)C(N)CCCCCCCCCC=CCCCCCC)C(C)O)C(O)c2ccc(O)cc2)CCOC(=O)CCNC(=O)C(C)NC(=O)CNC1=O. The van der Waals surface area contributed by atoms with E-state index in [1.54, 1.807) is 0 Å².